The van der Waals surface area contributed by atoms with Gasteiger partial charge < -0.3 is 21.0 Å². The number of carboxylic acids is 1. The van der Waals surface area contributed by atoms with Crippen LogP contribution in [0.2, 0.25) is 0 Å². The largest absolute Gasteiger partial charge is 0.477 e. The molecule has 2 aliphatic heterocycles. The van der Waals surface area contributed by atoms with Gasteiger partial charge in [0.05, 0.1) is 0 Å². The van der Waals surface area contributed by atoms with E-state index in [0.29, 0.717) is 16.9 Å². The Bertz CT molecular complexity index is 1540. The van der Waals surface area contributed by atoms with Crippen molar-refractivity contribution in [3.05, 3.63) is 57.4 Å². The summed E-state index contributed by atoms with van der Waals surface area (Å²) in [6, 6.07) is 2.41. The van der Waals surface area contributed by atoms with Gasteiger partial charge in [0.25, 0.3) is 11.8 Å². The van der Waals surface area contributed by atoms with Gasteiger partial charge in [0.2, 0.25) is 0 Å². The highest BCUT2D eigenvalue weighted by Gasteiger charge is 2.54. The summed E-state index contributed by atoms with van der Waals surface area (Å²) in [6.07, 6.45) is 3.38. The van der Waals surface area contributed by atoms with Gasteiger partial charge in [-0.05, 0) is 0 Å². The standard InChI is InChI=1S/C21H18N8O7S2/c1-35-26-12(11-8-38-20(22)23-11)16(30)24-13-17(31)29-14(19(32)33)10(7-37-18(13)29)6-28-4-2-9(3-5-28)15-25-21(34)36-27-15/h2-5,8,13,18H,6-7H2,1H3,(H4-,22,23,24,25,27,30,32,33,34)/p+1/b26-12-/t13-,18-/m1/s1. The van der Waals surface area contributed by atoms with Crippen molar-refractivity contribution >= 4 is 51.7 Å². The van der Waals surface area contributed by atoms with E-state index in [0.717, 1.165) is 11.3 Å². The minimum Gasteiger partial charge on any atom is -0.477 e. The van der Waals surface area contributed by atoms with Gasteiger partial charge in [0.1, 0.15) is 29.9 Å². The number of H-pyrrole nitrogens is 1. The van der Waals surface area contributed by atoms with Crippen molar-refractivity contribution in [2.75, 3.05) is 18.6 Å². The summed E-state index contributed by atoms with van der Waals surface area (Å²) in [6.45, 7) is 0.202. The van der Waals surface area contributed by atoms with E-state index in [1.54, 1.807) is 29.1 Å². The second-order valence-electron chi connectivity index (χ2n) is 8.01. The molecule has 0 bridgehead atoms. The molecule has 5 N–H and O–H groups in total. The van der Waals surface area contributed by atoms with Gasteiger partial charge in [0.15, 0.2) is 35.6 Å². The van der Waals surface area contributed by atoms with Crippen molar-refractivity contribution in [2.45, 2.75) is 18.0 Å². The molecule has 0 aromatic carbocycles. The summed E-state index contributed by atoms with van der Waals surface area (Å²) < 4.78 is 6.24. The predicted molar refractivity (Wildman–Crippen MR) is 133 cm³/mol. The number of carboxylic acid groups (broad SMARTS) is 1. The van der Waals surface area contributed by atoms with Crippen molar-refractivity contribution in [2.24, 2.45) is 5.16 Å². The first kappa shape index (κ1) is 25.2. The van der Waals surface area contributed by atoms with Gasteiger partial charge in [-0.1, -0.05) is 10.3 Å². The summed E-state index contributed by atoms with van der Waals surface area (Å²) in [5, 5.41) is 21.0. The topological polar surface area (TPSA) is 210 Å². The molecule has 5 heterocycles. The maximum atomic E-state index is 13.0. The zero-order chi connectivity index (χ0) is 27.0. The zero-order valence-corrected chi connectivity index (χ0v) is 21.1. The highest BCUT2D eigenvalue weighted by atomic mass is 32.2. The highest BCUT2D eigenvalue weighted by molar-refractivity contribution is 8.00. The van der Waals surface area contributed by atoms with Crippen molar-refractivity contribution in [1.29, 1.82) is 0 Å². The minimum absolute atomic E-state index is 0.125. The second kappa shape index (κ2) is 10.1. The summed E-state index contributed by atoms with van der Waals surface area (Å²) >= 11 is 2.45. The van der Waals surface area contributed by atoms with Crippen molar-refractivity contribution < 1.29 is 33.4 Å². The molecule has 0 saturated carbocycles. The van der Waals surface area contributed by atoms with E-state index in [4.69, 9.17) is 10.6 Å². The number of pyridine rings is 1. The number of nitrogens with one attached hydrogen (secondary N) is 2. The second-order valence-corrected chi connectivity index (χ2v) is 10.0. The number of fused-ring (bicyclic) bond motifs is 1. The number of carbonyl (C=O) groups excluding carboxylic acids is 2. The Kier molecular flexibility index (Phi) is 6.68. The highest BCUT2D eigenvalue weighted by Crippen LogP contribution is 2.40. The zero-order valence-electron chi connectivity index (χ0n) is 19.5. The summed E-state index contributed by atoms with van der Waals surface area (Å²) in [4.78, 5) is 61.6. The van der Waals surface area contributed by atoms with Crippen LogP contribution in [0.25, 0.3) is 11.4 Å². The number of aromatic amines is 1. The van der Waals surface area contributed by atoms with E-state index in [-0.39, 0.29) is 34.6 Å². The summed E-state index contributed by atoms with van der Waals surface area (Å²) in [5.74, 6) is -2.61. The van der Waals surface area contributed by atoms with E-state index in [2.05, 4.69) is 30.1 Å². The van der Waals surface area contributed by atoms with E-state index in [1.807, 2.05) is 0 Å². The number of anilines is 1. The molecule has 15 nitrogen and oxygen atoms in total. The monoisotopic (exact) mass is 559 g/mol. The predicted octanol–water partition coefficient (Wildman–Crippen LogP) is -0.855. The number of oxime groups is 1. The number of hydrogen-bond donors (Lipinski definition) is 4. The van der Waals surface area contributed by atoms with Gasteiger partial charge in [-0.2, -0.15) is 0 Å². The Morgan fingerprint density at radius 2 is 2.16 bits per heavy atom. The number of aromatic nitrogens is 4. The SMILES string of the molecule is CO/N=C(\C(=O)N[C@@H]1C(=O)N2C(C(=O)O)=C(C[n+]3ccc(-c4noc(=O)[nH]4)cc3)CS[C@H]12)c1csc(N)n1. The van der Waals surface area contributed by atoms with Crippen LogP contribution in [0.15, 0.2) is 55.6 Å². The lowest BCUT2D eigenvalue weighted by atomic mass is 10.0. The molecule has 196 valence electrons. The number of thioether (sulfide) groups is 1. The van der Waals surface area contributed by atoms with E-state index >= 15 is 0 Å². The van der Waals surface area contributed by atoms with Crippen LogP contribution in [0, 0.1) is 0 Å². The molecule has 5 rings (SSSR count). The Morgan fingerprint density at radius 1 is 1.39 bits per heavy atom. The number of hydrogen-bond acceptors (Lipinski definition) is 12. The maximum Gasteiger partial charge on any atom is 0.439 e. The Labute approximate surface area is 221 Å². The first-order valence-corrected chi connectivity index (χ1v) is 12.8. The number of β-lactam (4-membered cyclic amide) rings is 1. The molecule has 3 aromatic heterocycles. The normalized spacial score (nSPS) is 19.1. The molecule has 0 spiro atoms. The summed E-state index contributed by atoms with van der Waals surface area (Å²) in [5.41, 5.74) is 6.67. The van der Waals surface area contributed by atoms with Crippen LogP contribution in [0.4, 0.5) is 5.13 Å². The van der Waals surface area contributed by atoms with Crippen LogP contribution in [0.3, 0.4) is 0 Å². The molecule has 3 aromatic rings. The number of nitrogens with two attached hydrogens (primary N) is 1. The number of thiazole rings is 1. The number of aliphatic carboxylic acids is 1. The molecule has 17 heteroatoms. The lowest BCUT2D eigenvalue weighted by Gasteiger charge is -2.49. The molecule has 2 aliphatic rings. The third-order valence-corrected chi connectivity index (χ3v) is 7.69. The number of rotatable bonds is 8. The first-order chi connectivity index (χ1) is 18.3. The van der Waals surface area contributed by atoms with Crippen LogP contribution < -0.4 is 21.4 Å². The minimum atomic E-state index is -1.25. The molecular weight excluding hydrogens is 540 g/mol. The molecular formula is C21H19N8O7S2+. The van der Waals surface area contributed by atoms with Crippen LogP contribution in [-0.2, 0) is 25.8 Å². The molecule has 0 unspecified atom stereocenters. The fraction of sp³-hybridized carbons (Fsp3) is 0.238. The quantitative estimate of drug-likeness (QED) is 0.115. The molecule has 2 atom stereocenters. The fourth-order valence-corrected chi connectivity index (χ4v) is 5.88. The Balaban J connectivity index is 1.32. The average Bonchev–Trinajstić information content (AvgIpc) is 3.53. The van der Waals surface area contributed by atoms with E-state index in [9.17, 15) is 24.3 Å². The fourth-order valence-electron chi connectivity index (χ4n) is 4.00. The van der Waals surface area contributed by atoms with Crippen molar-refractivity contribution in [1.82, 2.24) is 25.3 Å². The van der Waals surface area contributed by atoms with E-state index in [1.165, 1.54) is 29.2 Å². The maximum absolute atomic E-state index is 13.0. The molecule has 2 amide bonds. The molecule has 0 radical (unpaired) electrons. The molecule has 1 fully saturated rings. The van der Waals surface area contributed by atoms with Crippen molar-refractivity contribution in [3.8, 4) is 11.4 Å². The lowest BCUT2D eigenvalue weighted by Crippen LogP contribution is -2.71. The Hall–Kier alpha value is -4.51. The lowest BCUT2D eigenvalue weighted by molar-refractivity contribution is -0.689. The van der Waals surface area contributed by atoms with Gasteiger partial charge in [0, 0.05) is 34.4 Å². The number of carbonyl (C=O) groups is 3. The number of nitrogens with zero attached hydrogens (tertiary/aromatic N) is 5. The van der Waals surface area contributed by atoms with Gasteiger partial charge in [-0.15, -0.1) is 23.1 Å². The van der Waals surface area contributed by atoms with Crippen LogP contribution in [0.5, 0.6) is 0 Å². The summed E-state index contributed by atoms with van der Waals surface area (Å²) in [7, 11) is 1.27. The first-order valence-electron chi connectivity index (χ1n) is 10.9. The van der Waals surface area contributed by atoms with Gasteiger partial charge in [-0.25, -0.2) is 19.1 Å². The van der Waals surface area contributed by atoms with Crippen LogP contribution in [0.1, 0.15) is 5.69 Å². The van der Waals surface area contributed by atoms with Crippen molar-refractivity contribution in [3.63, 3.8) is 0 Å². The molecule has 38 heavy (non-hydrogen) atoms. The van der Waals surface area contributed by atoms with Crippen LogP contribution >= 0.6 is 23.1 Å². The number of nitrogen functional groups attached to an aromatic ring is 1. The Morgan fingerprint density at radius 3 is 2.76 bits per heavy atom. The molecule has 0 aliphatic carbocycles. The third-order valence-electron chi connectivity index (χ3n) is 5.68. The third kappa shape index (κ3) is 4.63. The van der Waals surface area contributed by atoms with Crippen LogP contribution in [-0.4, -0.2) is 72.9 Å². The molecule has 1 saturated heterocycles. The smallest absolute Gasteiger partial charge is 0.439 e. The van der Waals surface area contributed by atoms with Gasteiger partial charge >= 0.3 is 11.7 Å². The van der Waals surface area contributed by atoms with E-state index < -0.39 is 35.0 Å². The average molecular weight is 560 g/mol. The number of amides is 2. The van der Waals surface area contributed by atoms with Gasteiger partial charge in [-0.3, -0.25) is 24.0 Å².